The summed E-state index contributed by atoms with van der Waals surface area (Å²) in [7, 11) is -2.89. The van der Waals surface area contributed by atoms with Crippen LogP contribution in [0.2, 0.25) is 0 Å². The fraction of sp³-hybridized carbons (Fsp3) is 0.750. The first-order valence-electron chi connectivity index (χ1n) is 6.28. The Morgan fingerprint density at radius 1 is 1.39 bits per heavy atom. The summed E-state index contributed by atoms with van der Waals surface area (Å²) in [4.78, 5) is 0. The molecule has 0 aliphatic heterocycles. The molecule has 1 aromatic rings. The van der Waals surface area contributed by atoms with Crippen LogP contribution in [0.3, 0.4) is 0 Å². The van der Waals surface area contributed by atoms with Crippen molar-refractivity contribution in [1.82, 2.24) is 9.78 Å². The highest BCUT2D eigenvalue weighted by Crippen LogP contribution is 2.19. The molecule has 1 atom stereocenters. The van der Waals surface area contributed by atoms with Crippen molar-refractivity contribution in [3.05, 3.63) is 17.0 Å². The fourth-order valence-electron chi connectivity index (χ4n) is 2.17. The Morgan fingerprint density at radius 2 is 2.00 bits per heavy atom. The van der Waals surface area contributed by atoms with Crippen LogP contribution in [-0.2, 0) is 16.4 Å². The number of rotatable bonds is 6. The molecule has 1 aromatic heterocycles. The van der Waals surface area contributed by atoms with E-state index in [1.54, 1.807) is 6.92 Å². The van der Waals surface area contributed by atoms with Crippen LogP contribution < -0.4 is 5.73 Å². The fourth-order valence-corrected chi connectivity index (χ4v) is 3.02. The second-order valence-electron chi connectivity index (χ2n) is 4.69. The maximum Gasteiger partial charge on any atom is 0.150 e. The Bertz CT molecular complexity index is 504. The summed E-state index contributed by atoms with van der Waals surface area (Å²) in [5, 5.41) is 4.42. The van der Waals surface area contributed by atoms with E-state index in [0.717, 1.165) is 17.0 Å². The van der Waals surface area contributed by atoms with Crippen molar-refractivity contribution >= 4 is 9.84 Å². The van der Waals surface area contributed by atoms with Gasteiger partial charge in [0, 0.05) is 29.6 Å². The number of hydrogen-bond acceptors (Lipinski definition) is 4. The zero-order chi connectivity index (χ0) is 13.9. The molecule has 5 nitrogen and oxygen atoms in total. The van der Waals surface area contributed by atoms with Gasteiger partial charge in [0.1, 0.15) is 9.84 Å². The average molecular weight is 273 g/mol. The number of sulfone groups is 1. The standard InChI is InChI=1S/C12H23N3O2S/c1-5-18(16,17)8-6-7-15-11(4)12(9(2)13)10(3)14-15/h9H,5-8,13H2,1-4H3. The average Bonchev–Trinajstić information content (AvgIpc) is 2.54. The third kappa shape index (κ3) is 3.55. The summed E-state index contributed by atoms with van der Waals surface area (Å²) in [6.07, 6.45) is 0.594. The quantitative estimate of drug-likeness (QED) is 0.848. The van der Waals surface area contributed by atoms with E-state index >= 15 is 0 Å². The lowest BCUT2D eigenvalue weighted by atomic mass is 10.1. The Hall–Kier alpha value is -0.880. The molecular weight excluding hydrogens is 250 g/mol. The predicted octanol–water partition coefficient (Wildman–Crippen LogP) is 1.34. The third-order valence-corrected chi connectivity index (χ3v) is 4.95. The van der Waals surface area contributed by atoms with Gasteiger partial charge in [-0.1, -0.05) is 6.92 Å². The first kappa shape index (κ1) is 15.2. The normalized spacial score (nSPS) is 13.8. The molecule has 0 amide bonds. The van der Waals surface area contributed by atoms with E-state index in [9.17, 15) is 8.42 Å². The van der Waals surface area contributed by atoms with Crippen LogP contribution in [0, 0.1) is 13.8 Å². The van der Waals surface area contributed by atoms with Crippen LogP contribution >= 0.6 is 0 Å². The van der Waals surface area contributed by atoms with Gasteiger partial charge >= 0.3 is 0 Å². The topological polar surface area (TPSA) is 78.0 Å². The van der Waals surface area contributed by atoms with E-state index in [4.69, 9.17) is 5.73 Å². The number of hydrogen-bond donors (Lipinski definition) is 1. The highest BCUT2D eigenvalue weighted by molar-refractivity contribution is 7.91. The molecule has 6 heteroatoms. The van der Waals surface area contributed by atoms with Crippen LogP contribution in [0.15, 0.2) is 0 Å². The van der Waals surface area contributed by atoms with Gasteiger partial charge in [-0.15, -0.1) is 0 Å². The lowest BCUT2D eigenvalue weighted by Crippen LogP contribution is -2.13. The minimum Gasteiger partial charge on any atom is -0.324 e. The summed E-state index contributed by atoms with van der Waals surface area (Å²) in [5.41, 5.74) is 8.93. The molecule has 0 bridgehead atoms. The lowest BCUT2D eigenvalue weighted by Gasteiger charge is -2.07. The largest absolute Gasteiger partial charge is 0.324 e. The zero-order valence-electron chi connectivity index (χ0n) is 11.6. The molecule has 1 unspecified atom stereocenters. The molecular formula is C12H23N3O2S. The highest BCUT2D eigenvalue weighted by atomic mass is 32.2. The minimum atomic E-state index is -2.89. The van der Waals surface area contributed by atoms with Gasteiger partial charge in [-0.05, 0) is 27.2 Å². The first-order chi connectivity index (χ1) is 8.28. The van der Waals surface area contributed by atoms with Crippen LogP contribution in [-0.4, -0.2) is 29.7 Å². The van der Waals surface area contributed by atoms with E-state index in [1.807, 2.05) is 25.5 Å². The third-order valence-electron chi connectivity index (χ3n) is 3.16. The van der Waals surface area contributed by atoms with Crippen LogP contribution in [0.4, 0.5) is 0 Å². The van der Waals surface area contributed by atoms with Gasteiger partial charge in [-0.3, -0.25) is 4.68 Å². The Balaban J connectivity index is 2.73. The predicted molar refractivity (Wildman–Crippen MR) is 73.2 cm³/mol. The van der Waals surface area contributed by atoms with E-state index < -0.39 is 9.84 Å². The van der Waals surface area contributed by atoms with Crippen LogP contribution in [0.1, 0.15) is 43.3 Å². The van der Waals surface area contributed by atoms with Crippen molar-refractivity contribution in [2.24, 2.45) is 5.73 Å². The molecule has 0 aliphatic rings. The van der Waals surface area contributed by atoms with Gasteiger partial charge in [0.25, 0.3) is 0 Å². The summed E-state index contributed by atoms with van der Waals surface area (Å²) in [6.45, 7) is 8.15. The minimum absolute atomic E-state index is 0.0434. The first-order valence-corrected chi connectivity index (χ1v) is 8.10. The van der Waals surface area contributed by atoms with Crippen LogP contribution in [0.25, 0.3) is 0 Å². The molecule has 1 heterocycles. The molecule has 0 radical (unpaired) electrons. The molecule has 0 aliphatic carbocycles. The van der Waals surface area contributed by atoms with Gasteiger partial charge in [0.05, 0.1) is 11.4 Å². The van der Waals surface area contributed by atoms with Crippen molar-refractivity contribution in [3.63, 3.8) is 0 Å². The Morgan fingerprint density at radius 3 is 2.44 bits per heavy atom. The molecule has 18 heavy (non-hydrogen) atoms. The van der Waals surface area contributed by atoms with E-state index in [0.29, 0.717) is 13.0 Å². The number of nitrogens with zero attached hydrogens (tertiary/aromatic N) is 2. The van der Waals surface area contributed by atoms with Crippen molar-refractivity contribution in [1.29, 1.82) is 0 Å². The maximum atomic E-state index is 11.4. The molecule has 0 saturated heterocycles. The molecule has 0 saturated carbocycles. The lowest BCUT2D eigenvalue weighted by molar-refractivity contribution is 0.563. The van der Waals surface area contributed by atoms with Crippen LogP contribution in [0.5, 0.6) is 0 Å². The number of nitrogens with two attached hydrogens (primary N) is 1. The molecule has 0 spiro atoms. The second kappa shape index (κ2) is 5.84. The van der Waals surface area contributed by atoms with E-state index in [2.05, 4.69) is 5.10 Å². The van der Waals surface area contributed by atoms with Gasteiger partial charge in [-0.2, -0.15) is 5.10 Å². The molecule has 1 rings (SSSR count). The van der Waals surface area contributed by atoms with E-state index in [-0.39, 0.29) is 17.5 Å². The summed E-state index contributed by atoms with van der Waals surface area (Å²) >= 11 is 0. The van der Waals surface area contributed by atoms with Gasteiger partial charge in [0.2, 0.25) is 0 Å². The number of aryl methyl sites for hydroxylation is 2. The van der Waals surface area contributed by atoms with E-state index in [1.165, 1.54) is 0 Å². The molecule has 2 N–H and O–H groups in total. The van der Waals surface area contributed by atoms with Crippen molar-refractivity contribution in [2.45, 2.75) is 46.7 Å². The SMILES string of the molecule is CCS(=O)(=O)CCCn1nc(C)c(C(C)N)c1C. The molecule has 104 valence electrons. The van der Waals surface area contributed by atoms with Crippen molar-refractivity contribution in [2.75, 3.05) is 11.5 Å². The zero-order valence-corrected chi connectivity index (χ0v) is 12.4. The maximum absolute atomic E-state index is 11.4. The van der Waals surface area contributed by atoms with Crippen molar-refractivity contribution in [3.8, 4) is 0 Å². The molecule has 0 fully saturated rings. The summed E-state index contributed by atoms with van der Waals surface area (Å²) in [5.74, 6) is 0.421. The Kier molecular flexibility index (Phi) is 4.92. The summed E-state index contributed by atoms with van der Waals surface area (Å²) in [6, 6.07) is -0.0434. The van der Waals surface area contributed by atoms with Gasteiger partial charge in [0.15, 0.2) is 0 Å². The summed E-state index contributed by atoms with van der Waals surface area (Å²) < 4.78 is 24.7. The van der Waals surface area contributed by atoms with Crippen molar-refractivity contribution < 1.29 is 8.42 Å². The smallest absolute Gasteiger partial charge is 0.150 e. The molecule has 0 aromatic carbocycles. The van der Waals surface area contributed by atoms with Gasteiger partial charge in [-0.25, -0.2) is 8.42 Å². The van der Waals surface area contributed by atoms with Gasteiger partial charge < -0.3 is 5.73 Å². The monoisotopic (exact) mass is 273 g/mol. The second-order valence-corrected chi connectivity index (χ2v) is 7.16. The Labute approximate surface area is 109 Å². The number of aromatic nitrogens is 2. The highest BCUT2D eigenvalue weighted by Gasteiger charge is 2.15.